The molecule has 0 saturated heterocycles. The highest BCUT2D eigenvalue weighted by Gasteiger charge is 2.38. The van der Waals surface area contributed by atoms with Gasteiger partial charge in [-0.3, -0.25) is 0 Å². The van der Waals surface area contributed by atoms with E-state index in [0.717, 1.165) is 0 Å². The van der Waals surface area contributed by atoms with Crippen LogP contribution >= 0.6 is 11.3 Å². The quantitative estimate of drug-likeness (QED) is 0.349. The second kappa shape index (κ2) is 11.4. The molecule has 1 aliphatic heterocycles. The molecule has 0 saturated carbocycles. The van der Waals surface area contributed by atoms with Crippen LogP contribution in [0.4, 0.5) is 15.2 Å². The van der Waals surface area contributed by atoms with E-state index in [1.54, 1.807) is 51.3 Å². The Morgan fingerprint density at radius 3 is 2.27 bits per heavy atom. The van der Waals surface area contributed by atoms with Crippen LogP contribution in [0.15, 0.2) is 76.5 Å². The number of allylic oxidation sites excluding steroid dienone is 2. The summed E-state index contributed by atoms with van der Waals surface area (Å²) in [4.78, 5) is 30.6. The van der Waals surface area contributed by atoms with E-state index in [1.807, 2.05) is 24.3 Å². The molecule has 0 fully saturated rings. The first-order valence-electron chi connectivity index (χ1n) is 11.9. The molecular formula is C28H28FN3O4S. The van der Waals surface area contributed by atoms with Gasteiger partial charge in [-0.15, -0.1) is 11.3 Å². The molecule has 1 aromatic heterocycles. The average molecular weight is 522 g/mol. The van der Waals surface area contributed by atoms with Gasteiger partial charge in [-0.2, -0.15) is 0 Å². The Kier molecular flexibility index (Phi) is 8.03. The van der Waals surface area contributed by atoms with Crippen LogP contribution in [0.25, 0.3) is 11.3 Å². The van der Waals surface area contributed by atoms with E-state index in [0.29, 0.717) is 50.2 Å². The van der Waals surface area contributed by atoms with Crippen molar-refractivity contribution < 1.29 is 23.5 Å². The molecule has 0 bridgehead atoms. The Balaban J connectivity index is 1.71. The molecule has 2 heterocycles. The molecule has 0 radical (unpaired) electrons. The minimum Gasteiger partial charge on any atom is -0.463 e. The summed E-state index contributed by atoms with van der Waals surface area (Å²) in [5.41, 5.74) is 4.30. The number of ether oxygens (including phenoxy) is 2. The van der Waals surface area contributed by atoms with Crippen LogP contribution in [-0.2, 0) is 19.1 Å². The van der Waals surface area contributed by atoms with Gasteiger partial charge in [-0.05, 0) is 57.5 Å². The van der Waals surface area contributed by atoms with Gasteiger partial charge in [0.05, 0.1) is 36.0 Å². The molecule has 1 aliphatic rings. The minimum absolute atomic E-state index is 0.204. The monoisotopic (exact) mass is 521 g/mol. The minimum atomic E-state index is -0.689. The summed E-state index contributed by atoms with van der Waals surface area (Å²) in [6, 6.07) is 13.9. The number of benzene rings is 2. The van der Waals surface area contributed by atoms with Crippen LogP contribution < -0.4 is 10.6 Å². The van der Waals surface area contributed by atoms with Gasteiger partial charge in [-0.25, -0.2) is 19.0 Å². The molecule has 0 amide bonds. The first-order chi connectivity index (χ1) is 17.8. The third-order valence-electron chi connectivity index (χ3n) is 5.88. The zero-order valence-electron chi connectivity index (χ0n) is 21.1. The number of halogens is 1. The molecule has 37 heavy (non-hydrogen) atoms. The molecule has 192 valence electrons. The molecule has 7 nitrogen and oxygen atoms in total. The number of aromatic nitrogens is 1. The van der Waals surface area contributed by atoms with Crippen LogP contribution in [0.2, 0.25) is 0 Å². The van der Waals surface area contributed by atoms with Crippen molar-refractivity contribution in [2.75, 3.05) is 18.5 Å². The van der Waals surface area contributed by atoms with E-state index in [9.17, 15) is 14.0 Å². The number of nitrogens with one attached hydrogen (secondary N) is 2. The van der Waals surface area contributed by atoms with Gasteiger partial charge >= 0.3 is 11.9 Å². The lowest BCUT2D eigenvalue weighted by Gasteiger charge is -2.30. The topological polar surface area (TPSA) is 89.5 Å². The number of anilines is 2. The van der Waals surface area contributed by atoms with E-state index in [-0.39, 0.29) is 19.0 Å². The summed E-state index contributed by atoms with van der Waals surface area (Å²) in [6.45, 7) is 7.45. The van der Waals surface area contributed by atoms with E-state index >= 15 is 0 Å². The molecule has 4 rings (SSSR count). The first-order valence-corrected chi connectivity index (χ1v) is 12.8. The van der Waals surface area contributed by atoms with Crippen LogP contribution in [0.5, 0.6) is 0 Å². The molecule has 3 aromatic rings. The second-order valence-electron chi connectivity index (χ2n) is 8.34. The molecular weight excluding hydrogens is 493 g/mol. The Morgan fingerprint density at radius 1 is 1.00 bits per heavy atom. The molecule has 0 aliphatic carbocycles. The van der Waals surface area contributed by atoms with Crippen molar-refractivity contribution in [1.82, 2.24) is 10.3 Å². The number of dihydropyridines is 1. The lowest BCUT2D eigenvalue weighted by molar-refractivity contribution is -0.139. The molecule has 2 aromatic carbocycles. The molecule has 0 unspecified atom stereocenters. The van der Waals surface area contributed by atoms with E-state index in [4.69, 9.17) is 9.47 Å². The summed E-state index contributed by atoms with van der Waals surface area (Å²) in [7, 11) is 0. The average Bonchev–Trinajstić information content (AvgIpc) is 3.32. The van der Waals surface area contributed by atoms with Crippen LogP contribution in [0, 0.1) is 5.82 Å². The largest absolute Gasteiger partial charge is 0.463 e. The van der Waals surface area contributed by atoms with Crippen LogP contribution in [-0.4, -0.2) is 30.1 Å². The van der Waals surface area contributed by atoms with Crippen LogP contribution in [0.1, 0.15) is 39.2 Å². The van der Waals surface area contributed by atoms with Gasteiger partial charge in [0.15, 0.2) is 5.13 Å². The highest BCUT2D eigenvalue weighted by molar-refractivity contribution is 7.14. The highest BCUT2D eigenvalue weighted by Crippen LogP contribution is 2.40. The predicted molar refractivity (Wildman–Crippen MR) is 142 cm³/mol. The number of hydrogen-bond donors (Lipinski definition) is 2. The summed E-state index contributed by atoms with van der Waals surface area (Å²) in [5.74, 6) is -2.03. The molecule has 0 atom stereocenters. The van der Waals surface area contributed by atoms with Crippen molar-refractivity contribution in [3.05, 3.63) is 87.8 Å². The maximum Gasteiger partial charge on any atom is 0.336 e. The second-order valence-corrected chi connectivity index (χ2v) is 9.20. The van der Waals surface area contributed by atoms with Crippen molar-refractivity contribution in [3.63, 3.8) is 0 Å². The van der Waals surface area contributed by atoms with Crippen molar-refractivity contribution in [1.29, 1.82) is 0 Å². The SMILES string of the molecule is CCOC(=O)C1=C(C)NC(C)=C(C(=O)OCC)C1c1cccc(Nc2nc(-c3ccccc3F)cs2)c1. The van der Waals surface area contributed by atoms with Gasteiger partial charge in [0.2, 0.25) is 0 Å². The number of rotatable bonds is 8. The number of thiazole rings is 1. The Bertz CT molecular complexity index is 1360. The number of carbonyl (C=O) groups is 2. The van der Waals surface area contributed by atoms with Crippen molar-refractivity contribution in [2.45, 2.75) is 33.6 Å². The number of nitrogens with zero attached hydrogens (tertiary/aromatic N) is 1. The Labute approximate surface area is 219 Å². The zero-order valence-corrected chi connectivity index (χ0v) is 21.9. The molecule has 2 N–H and O–H groups in total. The van der Waals surface area contributed by atoms with E-state index in [2.05, 4.69) is 15.6 Å². The zero-order chi connectivity index (χ0) is 26.5. The molecule has 9 heteroatoms. The standard InChI is InChI=1S/C28H28FN3O4S/c1-5-35-26(33)23-16(3)30-17(4)24(27(34)36-6-2)25(23)18-10-9-11-19(14-18)31-28-32-22(15-37-28)20-12-7-8-13-21(20)29/h7-15,25,30H,5-6H2,1-4H3,(H,31,32). The fraction of sp³-hybridized carbons (Fsp3) is 0.250. The van der Waals surface area contributed by atoms with Crippen molar-refractivity contribution >= 4 is 34.1 Å². The van der Waals surface area contributed by atoms with Crippen LogP contribution in [0.3, 0.4) is 0 Å². The fourth-order valence-corrected chi connectivity index (χ4v) is 5.06. The number of carbonyl (C=O) groups excluding carboxylic acids is 2. The maximum atomic E-state index is 14.2. The predicted octanol–water partition coefficient (Wildman–Crippen LogP) is 6.05. The van der Waals surface area contributed by atoms with E-state index < -0.39 is 17.9 Å². The van der Waals surface area contributed by atoms with E-state index in [1.165, 1.54) is 17.4 Å². The number of hydrogen-bond acceptors (Lipinski definition) is 8. The lowest BCUT2D eigenvalue weighted by atomic mass is 9.80. The van der Waals surface area contributed by atoms with Gasteiger partial charge in [-0.1, -0.05) is 24.3 Å². The van der Waals surface area contributed by atoms with Gasteiger partial charge in [0.25, 0.3) is 0 Å². The van der Waals surface area contributed by atoms with Crippen molar-refractivity contribution in [3.8, 4) is 11.3 Å². The third-order valence-corrected chi connectivity index (χ3v) is 6.63. The van der Waals surface area contributed by atoms with Gasteiger partial charge in [0, 0.05) is 28.0 Å². The molecule has 0 spiro atoms. The Morgan fingerprint density at radius 2 is 1.65 bits per heavy atom. The Hall–Kier alpha value is -3.98. The summed E-state index contributed by atoms with van der Waals surface area (Å²) >= 11 is 1.35. The summed E-state index contributed by atoms with van der Waals surface area (Å²) in [6.07, 6.45) is 0. The number of esters is 2. The fourth-order valence-electron chi connectivity index (χ4n) is 4.33. The third kappa shape index (κ3) is 5.56. The normalized spacial score (nSPS) is 13.9. The maximum absolute atomic E-state index is 14.2. The van der Waals surface area contributed by atoms with Gasteiger partial charge < -0.3 is 20.1 Å². The summed E-state index contributed by atoms with van der Waals surface area (Å²) in [5, 5.41) is 8.76. The first kappa shape index (κ1) is 26.1. The smallest absolute Gasteiger partial charge is 0.336 e. The van der Waals surface area contributed by atoms with Gasteiger partial charge in [0.1, 0.15) is 5.82 Å². The summed E-state index contributed by atoms with van der Waals surface area (Å²) < 4.78 is 24.9. The lowest BCUT2D eigenvalue weighted by Crippen LogP contribution is -2.32. The van der Waals surface area contributed by atoms with Crippen molar-refractivity contribution in [2.24, 2.45) is 0 Å². The highest BCUT2D eigenvalue weighted by atomic mass is 32.1.